The molecule has 0 unspecified atom stereocenters. The van der Waals surface area contributed by atoms with Gasteiger partial charge >= 0.3 is 10.1 Å². The van der Waals surface area contributed by atoms with Crippen LogP contribution in [-0.4, -0.2) is 31.1 Å². The summed E-state index contributed by atoms with van der Waals surface area (Å²) in [5.74, 6) is -0.297. The van der Waals surface area contributed by atoms with Gasteiger partial charge in [0, 0.05) is 5.02 Å². The lowest BCUT2D eigenvalue weighted by molar-refractivity contribution is -0.123. The molecule has 1 aliphatic rings. The zero-order valence-electron chi connectivity index (χ0n) is 18.8. The first-order valence-corrected chi connectivity index (χ1v) is 14.0. The molecule has 0 spiro atoms. The molecule has 11 heteroatoms. The summed E-state index contributed by atoms with van der Waals surface area (Å²) in [6.07, 6.45) is 1.56. The average molecular weight is 609 g/mol. The predicted octanol–water partition coefficient (Wildman–Crippen LogP) is 6.51. The predicted molar refractivity (Wildman–Crippen MR) is 143 cm³/mol. The first-order chi connectivity index (χ1) is 17.2. The van der Waals surface area contributed by atoms with Crippen molar-refractivity contribution in [2.45, 2.75) is 18.4 Å². The molecular formula is C25H19BrClNO6S2. The van der Waals surface area contributed by atoms with Gasteiger partial charge in [0.15, 0.2) is 11.5 Å². The van der Waals surface area contributed by atoms with Crippen LogP contribution in [0.25, 0.3) is 6.08 Å². The molecule has 0 bridgehead atoms. The summed E-state index contributed by atoms with van der Waals surface area (Å²) in [7, 11) is -4.18. The van der Waals surface area contributed by atoms with Crippen LogP contribution in [0.4, 0.5) is 4.79 Å². The molecular weight excluding hydrogens is 590 g/mol. The Morgan fingerprint density at radius 3 is 2.42 bits per heavy atom. The Labute approximate surface area is 226 Å². The van der Waals surface area contributed by atoms with Gasteiger partial charge in [0.1, 0.15) is 4.90 Å². The lowest BCUT2D eigenvalue weighted by Crippen LogP contribution is -2.27. The Bertz CT molecular complexity index is 1440. The molecule has 36 heavy (non-hydrogen) atoms. The Kier molecular flexibility index (Phi) is 8.09. The Morgan fingerprint density at radius 2 is 1.75 bits per heavy atom. The molecule has 0 aliphatic carbocycles. The maximum absolute atomic E-state index is 12.9. The highest BCUT2D eigenvalue weighted by molar-refractivity contribution is 9.10. The van der Waals surface area contributed by atoms with Crippen LogP contribution in [0.5, 0.6) is 11.5 Å². The fourth-order valence-electron chi connectivity index (χ4n) is 3.33. The van der Waals surface area contributed by atoms with Gasteiger partial charge in [-0.1, -0.05) is 41.9 Å². The quantitative estimate of drug-likeness (QED) is 0.213. The van der Waals surface area contributed by atoms with E-state index in [-0.39, 0.29) is 39.7 Å². The van der Waals surface area contributed by atoms with Gasteiger partial charge in [0.05, 0.1) is 22.5 Å². The van der Waals surface area contributed by atoms with Crippen LogP contribution in [0, 0.1) is 0 Å². The molecule has 0 radical (unpaired) electrons. The van der Waals surface area contributed by atoms with Gasteiger partial charge in [-0.25, -0.2) is 0 Å². The van der Waals surface area contributed by atoms with Gasteiger partial charge in [-0.05, 0) is 88.2 Å². The number of hydrogen-bond acceptors (Lipinski definition) is 7. The van der Waals surface area contributed by atoms with Crippen LogP contribution >= 0.6 is 39.3 Å². The number of carbonyl (C=O) groups excluding carboxylic acids is 2. The maximum atomic E-state index is 12.9. The third-order valence-electron chi connectivity index (χ3n) is 4.98. The Hall–Kier alpha value is -2.79. The number of halogens is 2. The second-order valence-electron chi connectivity index (χ2n) is 7.51. The van der Waals surface area contributed by atoms with Gasteiger partial charge in [0.25, 0.3) is 11.1 Å². The Balaban J connectivity index is 1.62. The fraction of sp³-hybridized carbons (Fsp3) is 0.120. The second-order valence-corrected chi connectivity index (χ2v) is 11.3. The van der Waals surface area contributed by atoms with Gasteiger partial charge in [0.2, 0.25) is 0 Å². The lowest BCUT2D eigenvalue weighted by atomic mass is 10.1. The van der Waals surface area contributed by atoms with Crippen LogP contribution in [0.3, 0.4) is 0 Å². The van der Waals surface area contributed by atoms with Crippen molar-refractivity contribution < 1.29 is 26.9 Å². The van der Waals surface area contributed by atoms with Crippen LogP contribution in [-0.2, 0) is 21.5 Å². The monoisotopic (exact) mass is 607 g/mol. The lowest BCUT2D eigenvalue weighted by Gasteiger charge is -2.15. The largest absolute Gasteiger partial charge is 0.490 e. The number of thioether (sulfide) groups is 1. The van der Waals surface area contributed by atoms with E-state index in [2.05, 4.69) is 15.9 Å². The highest BCUT2D eigenvalue weighted by atomic mass is 79.9. The molecule has 0 aromatic heterocycles. The van der Waals surface area contributed by atoms with Crippen molar-refractivity contribution in [1.82, 2.24) is 4.90 Å². The van der Waals surface area contributed by atoms with E-state index in [4.69, 9.17) is 20.5 Å². The molecule has 1 fully saturated rings. The minimum Gasteiger partial charge on any atom is -0.490 e. The number of ether oxygens (including phenoxy) is 1. The fourth-order valence-corrected chi connectivity index (χ4v) is 5.90. The maximum Gasteiger partial charge on any atom is 0.339 e. The molecule has 2 amide bonds. The second kappa shape index (κ2) is 11.1. The zero-order valence-corrected chi connectivity index (χ0v) is 22.8. The van der Waals surface area contributed by atoms with Gasteiger partial charge < -0.3 is 8.92 Å². The van der Waals surface area contributed by atoms with Crippen molar-refractivity contribution in [2.24, 2.45) is 0 Å². The van der Waals surface area contributed by atoms with Crippen LogP contribution in [0.2, 0.25) is 5.02 Å². The van der Waals surface area contributed by atoms with E-state index in [0.29, 0.717) is 15.1 Å². The van der Waals surface area contributed by atoms with E-state index in [9.17, 15) is 18.0 Å². The summed E-state index contributed by atoms with van der Waals surface area (Å²) < 4.78 is 36.9. The molecule has 0 atom stereocenters. The summed E-state index contributed by atoms with van der Waals surface area (Å²) in [6, 6.07) is 17.9. The highest BCUT2D eigenvalue weighted by Gasteiger charge is 2.35. The van der Waals surface area contributed by atoms with Crippen LogP contribution < -0.4 is 8.92 Å². The zero-order chi connectivity index (χ0) is 25.9. The van der Waals surface area contributed by atoms with E-state index < -0.39 is 16.0 Å². The number of benzene rings is 3. The number of carbonyl (C=O) groups is 2. The topological polar surface area (TPSA) is 90.0 Å². The van der Waals surface area contributed by atoms with Crippen LogP contribution in [0.1, 0.15) is 18.1 Å². The minimum absolute atomic E-state index is 0.0406. The van der Waals surface area contributed by atoms with Crippen LogP contribution in [0.15, 0.2) is 81.0 Å². The number of amides is 2. The van der Waals surface area contributed by atoms with Gasteiger partial charge in [-0.15, -0.1) is 0 Å². The van der Waals surface area contributed by atoms with Crippen molar-refractivity contribution in [2.75, 3.05) is 6.61 Å². The van der Waals surface area contributed by atoms with Gasteiger partial charge in [-0.2, -0.15) is 8.42 Å². The van der Waals surface area contributed by atoms with Crippen molar-refractivity contribution in [1.29, 1.82) is 0 Å². The smallest absolute Gasteiger partial charge is 0.339 e. The molecule has 0 saturated carbocycles. The third-order valence-corrected chi connectivity index (χ3v) is 7.97. The molecule has 1 saturated heterocycles. The molecule has 7 nitrogen and oxygen atoms in total. The number of hydrogen-bond donors (Lipinski definition) is 0. The molecule has 186 valence electrons. The minimum atomic E-state index is -4.18. The van der Waals surface area contributed by atoms with E-state index in [0.717, 1.165) is 17.3 Å². The number of rotatable bonds is 8. The van der Waals surface area contributed by atoms with E-state index in [1.807, 2.05) is 30.3 Å². The van der Waals surface area contributed by atoms with E-state index in [1.165, 1.54) is 29.2 Å². The number of nitrogens with zero attached hydrogens (tertiary/aromatic N) is 1. The molecule has 1 heterocycles. The first-order valence-electron chi connectivity index (χ1n) is 10.6. The Morgan fingerprint density at radius 1 is 1.06 bits per heavy atom. The average Bonchev–Trinajstić information content (AvgIpc) is 3.10. The van der Waals surface area contributed by atoms with Gasteiger partial charge in [-0.3, -0.25) is 14.5 Å². The molecule has 3 aromatic carbocycles. The third kappa shape index (κ3) is 5.95. The summed E-state index contributed by atoms with van der Waals surface area (Å²) >= 11 is 10.0. The van der Waals surface area contributed by atoms with E-state index in [1.54, 1.807) is 25.1 Å². The summed E-state index contributed by atoms with van der Waals surface area (Å²) in [5.41, 5.74) is 1.36. The molecule has 0 N–H and O–H groups in total. The van der Waals surface area contributed by atoms with Crippen molar-refractivity contribution >= 4 is 66.6 Å². The first kappa shape index (κ1) is 26.3. The summed E-state index contributed by atoms with van der Waals surface area (Å²) in [4.78, 5) is 26.8. The molecule has 1 aliphatic heterocycles. The van der Waals surface area contributed by atoms with Crippen molar-refractivity contribution in [3.8, 4) is 11.5 Å². The van der Waals surface area contributed by atoms with E-state index >= 15 is 0 Å². The highest BCUT2D eigenvalue weighted by Crippen LogP contribution is 2.41. The van der Waals surface area contributed by atoms with Crippen molar-refractivity contribution in [3.63, 3.8) is 0 Å². The SMILES string of the molecule is CCOc1cc(/C=C2\SC(=O)N(Cc3ccccc3)C2=O)cc(Br)c1OS(=O)(=O)c1ccc(Cl)cc1. The molecule has 3 aromatic rings. The normalized spacial score (nSPS) is 15.0. The molecule has 4 rings (SSSR count). The standard InChI is InChI=1S/C25H19BrClNO6S2/c1-2-33-21-13-17(12-20(26)23(21)34-36(31,32)19-10-8-18(27)9-11-19)14-22-24(29)28(25(30)35-22)15-16-6-4-3-5-7-16/h3-14H,2,15H2,1H3/b22-14-. The summed E-state index contributed by atoms with van der Waals surface area (Å²) in [5, 5.41) is 0.0240. The van der Waals surface area contributed by atoms with Crippen molar-refractivity contribution in [3.05, 3.63) is 92.3 Å². The number of imide groups is 1. The summed E-state index contributed by atoms with van der Waals surface area (Å²) in [6.45, 7) is 2.15.